The molecular weight excluding hydrogens is 134 g/mol. The predicted molar refractivity (Wildman–Crippen MR) is 36.5 cm³/mol. The van der Waals surface area contributed by atoms with Crippen molar-refractivity contribution in [2.75, 3.05) is 14.2 Å². The standard InChI is InChI=1S/C6H13NO3/c1-4(9-2)5(7)6(8)10-3/h4-5H,7H2,1-3H3/t4-,5+/m0/s1. The Hall–Kier alpha value is -0.610. The zero-order valence-corrected chi connectivity index (χ0v) is 6.46. The zero-order chi connectivity index (χ0) is 8.15. The van der Waals surface area contributed by atoms with Crippen LogP contribution in [0.5, 0.6) is 0 Å². The van der Waals surface area contributed by atoms with Crippen molar-refractivity contribution >= 4 is 5.97 Å². The lowest BCUT2D eigenvalue weighted by Crippen LogP contribution is -2.41. The molecule has 0 aromatic carbocycles. The van der Waals surface area contributed by atoms with Gasteiger partial charge in [-0.15, -0.1) is 0 Å². The number of carbonyl (C=O) groups excluding carboxylic acids is 1. The molecule has 0 aliphatic heterocycles. The number of ether oxygens (including phenoxy) is 2. The van der Waals surface area contributed by atoms with Crippen molar-refractivity contribution in [3.05, 3.63) is 0 Å². The van der Waals surface area contributed by atoms with Gasteiger partial charge in [-0.25, -0.2) is 0 Å². The van der Waals surface area contributed by atoms with Crippen molar-refractivity contribution in [2.24, 2.45) is 5.73 Å². The highest BCUT2D eigenvalue weighted by Crippen LogP contribution is 1.95. The number of carbonyl (C=O) groups is 1. The molecule has 0 unspecified atom stereocenters. The summed E-state index contributed by atoms with van der Waals surface area (Å²) in [4.78, 5) is 10.7. The number of nitrogens with two attached hydrogens (primary N) is 1. The van der Waals surface area contributed by atoms with Crippen molar-refractivity contribution in [2.45, 2.75) is 19.1 Å². The van der Waals surface area contributed by atoms with Gasteiger partial charge in [0, 0.05) is 7.11 Å². The third kappa shape index (κ3) is 2.33. The Morgan fingerprint density at radius 1 is 1.50 bits per heavy atom. The van der Waals surface area contributed by atoms with E-state index in [1.54, 1.807) is 6.92 Å². The minimum atomic E-state index is -0.685. The fraction of sp³-hybridized carbons (Fsp3) is 0.833. The summed E-state index contributed by atoms with van der Waals surface area (Å²) < 4.78 is 9.20. The van der Waals surface area contributed by atoms with Crippen molar-refractivity contribution in [3.8, 4) is 0 Å². The molecule has 0 amide bonds. The molecule has 0 aromatic heterocycles. The van der Waals surface area contributed by atoms with E-state index in [4.69, 9.17) is 10.5 Å². The summed E-state index contributed by atoms with van der Waals surface area (Å²) in [6.07, 6.45) is -0.299. The van der Waals surface area contributed by atoms with E-state index in [1.807, 2.05) is 0 Å². The van der Waals surface area contributed by atoms with Gasteiger partial charge < -0.3 is 15.2 Å². The van der Waals surface area contributed by atoms with E-state index in [9.17, 15) is 4.79 Å². The maximum atomic E-state index is 10.7. The fourth-order valence-corrected chi connectivity index (χ4v) is 0.474. The highest BCUT2D eigenvalue weighted by atomic mass is 16.5. The highest BCUT2D eigenvalue weighted by molar-refractivity contribution is 5.75. The lowest BCUT2D eigenvalue weighted by atomic mass is 10.2. The van der Waals surface area contributed by atoms with Crippen LogP contribution < -0.4 is 5.73 Å². The molecule has 0 saturated carbocycles. The van der Waals surface area contributed by atoms with Gasteiger partial charge in [-0.3, -0.25) is 4.79 Å². The van der Waals surface area contributed by atoms with E-state index >= 15 is 0 Å². The third-order valence-electron chi connectivity index (χ3n) is 1.35. The van der Waals surface area contributed by atoms with E-state index < -0.39 is 12.0 Å². The van der Waals surface area contributed by atoms with Crippen LogP contribution in [0.25, 0.3) is 0 Å². The van der Waals surface area contributed by atoms with Crippen LogP contribution in [0.2, 0.25) is 0 Å². The third-order valence-corrected chi connectivity index (χ3v) is 1.35. The summed E-state index contributed by atoms with van der Waals surface area (Å²) in [6, 6.07) is -0.685. The first-order chi connectivity index (χ1) is 4.63. The van der Waals surface area contributed by atoms with Gasteiger partial charge in [-0.1, -0.05) is 0 Å². The normalized spacial score (nSPS) is 16.0. The molecule has 0 radical (unpaired) electrons. The second-order valence-corrected chi connectivity index (χ2v) is 1.99. The lowest BCUT2D eigenvalue weighted by Gasteiger charge is -2.15. The maximum absolute atomic E-state index is 10.7. The molecular formula is C6H13NO3. The van der Waals surface area contributed by atoms with Crippen LogP contribution >= 0.6 is 0 Å². The first kappa shape index (κ1) is 9.39. The maximum Gasteiger partial charge on any atom is 0.325 e. The summed E-state index contributed by atoms with van der Waals surface area (Å²) in [5.74, 6) is -0.450. The molecule has 2 N–H and O–H groups in total. The first-order valence-corrected chi connectivity index (χ1v) is 2.99. The topological polar surface area (TPSA) is 61.5 Å². The van der Waals surface area contributed by atoms with Crippen molar-refractivity contribution in [3.63, 3.8) is 0 Å². The summed E-state index contributed by atoms with van der Waals surface area (Å²) in [5.41, 5.74) is 5.38. The number of methoxy groups -OCH3 is 2. The quantitative estimate of drug-likeness (QED) is 0.548. The Balaban J connectivity index is 3.81. The minimum absolute atomic E-state index is 0.299. The molecule has 0 spiro atoms. The van der Waals surface area contributed by atoms with E-state index in [0.29, 0.717) is 0 Å². The molecule has 0 aliphatic rings. The van der Waals surface area contributed by atoms with Crippen LogP contribution in [-0.2, 0) is 14.3 Å². The molecule has 0 aliphatic carbocycles. The average molecular weight is 147 g/mol. The zero-order valence-electron chi connectivity index (χ0n) is 6.46. The van der Waals surface area contributed by atoms with Crippen molar-refractivity contribution in [1.82, 2.24) is 0 Å². The van der Waals surface area contributed by atoms with Crippen LogP contribution in [0.15, 0.2) is 0 Å². The molecule has 0 rings (SSSR count). The highest BCUT2D eigenvalue weighted by Gasteiger charge is 2.20. The smallest absolute Gasteiger partial charge is 0.325 e. The molecule has 0 saturated heterocycles. The van der Waals surface area contributed by atoms with Crippen molar-refractivity contribution < 1.29 is 14.3 Å². The summed E-state index contributed by atoms with van der Waals surface area (Å²) in [5, 5.41) is 0. The van der Waals surface area contributed by atoms with E-state index in [-0.39, 0.29) is 6.10 Å². The summed E-state index contributed by atoms with van der Waals surface area (Å²) in [6.45, 7) is 1.71. The van der Waals surface area contributed by atoms with Gasteiger partial charge in [0.15, 0.2) is 0 Å². The molecule has 0 fully saturated rings. The second-order valence-electron chi connectivity index (χ2n) is 1.99. The molecule has 0 aromatic rings. The van der Waals surface area contributed by atoms with Gasteiger partial charge in [0.1, 0.15) is 6.04 Å². The monoisotopic (exact) mass is 147 g/mol. The summed E-state index contributed by atoms with van der Waals surface area (Å²) >= 11 is 0. The predicted octanol–water partition coefficient (Wildman–Crippen LogP) is -0.478. The molecule has 4 heteroatoms. The second kappa shape index (κ2) is 4.24. The Morgan fingerprint density at radius 3 is 2.30 bits per heavy atom. The van der Waals surface area contributed by atoms with Crippen LogP contribution in [0.1, 0.15) is 6.92 Å². The van der Waals surface area contributed by atoms with E-state index in [1.165, 1.54) is 14.2 Å². The Labute approximate surface area is 60.3 Å². The average Bonchev–Trinajstić information content (AvgIpc) is 2.00. The molecule has 2 atom stereocenters. The number of hydrogen-bond acceptors (Lipinski definition) is 4. The van der Waals surface area contributed by atoms with Gasteiger partial charge in [0.25, 0.3) is 0 Å². The van der Waals surface area contributed by atoms with Crippen LogP contribution in [0.4, 0.5) is 0 Å². The minimum Gasteiger partial charge on any atom is -0.468 e. The molecule has 60 valence electrons. The Morgan fingerprint density at radius 2 is 2.00 bits per heavy atom. The molecule has 4 nitrogen and oxygen atoms in total. The van der Waals surface area contributed by atoms with Crippen molar-refractivity contribution in [1.29, 1.82) is 0 Å². The molecule has 10 heavy (non-hydrogen) atoms. The Kier molecular flexibility index (Phi) is 3.99. The van der Waals surface area contributed by atoms with Crippen LogP contribution in [0.3, 0.4) is 0 Å². The summed E-state index contributed by atoms with van der Waals surface area (Å²) in [7, 11) is 2.79. The number of rotatable bonds is 3. The SMILES string of the molecule is COC(=O)[C@H](N)[C@H](C)OC. The largest absolute Gasteiger partial charge is 0.468 e. The number of esters is 1. The lowest BCUT2D eigenvalue weighted by molar-refractivity contribution is -0.145. The fourth-order valence-electron chi connectivity index (χ4n) is 0.474. The van der Waals surface area contributed by atoms with Gasteiger partial charge in [0.2, 0.25) is 0 Å². The first-order valence-electron chi connectivity index (χ1n) is 2.99. The van der Waals surface area contributed by atoms with E-state index in [0.717, 1.165) is 0 Å². The van der Waals surface area contributed by atoms with Gasteiger partial charge in [-0.2, -0.15) is 0 Å². The Bertz CT molecular complexity index is 116. The van der Waals surface area contributed by atoms with Crippen LogP contribution in [0, 0.1) is 0 Å². The van der Waals surface area contributed by atoms with Crippen LogP contribution in [-0.4, -0.2) is 32.3 Å². The number of hydrogen-bond donors (Lipinski definition) is 1. The molecule has 0 heterocycles. The van der Waals surface area contributed by atoms with Gasteiger partial charge >= 0.3 is 5.97 Å². The van der Waals surface area contributed by atoms with E-state index in [2.05, 4.69) is 4.74 Å². The molecule has 0 bridgehead atoms. The van der Waals surface area contributed by atoms with Gasteiger partial charge in [-0.05, 0) is 6.92 Å². The van der Waals surface area contributed by atoms with Gasteiger partial charge in [0.05, 0.1) is 13.2 Å².